The molecule has 132 valence electrons. The van der Waals surface area contributed by atoms with Gasteiger partial charge in [0, 0.05) is 0 Å². The Bertz CT molecular complexity index is 275. The Morgan fingerprint density at radius 1 is 0.864 bits per heavy atom. The summed E-state index contributed by atoms with van der Waals surface area (Å²) in [5.74, 6) is 2.40. The monoisotopic (exact) mass is 311 g/mol. The van der Waals surface area contributed by atoms with E-state index in [1.807, 2.05) is 6.08 Å². The SMILES string of the molecule is C/C(=C\CO)CCCC(C)CCCC(C)CCCC(C)CN. The number of hydrogen-bond donors (Lipinski definition) is 2. The molecule has 0 spiro atoms. The second kappa shape index (κ2) is 14.3. The van der Waals surface area contributed by atoms with Crippen LogP contribution in [0.25, 0.3) is 0 Å². The number of allylic oxidation sites excluding steroid dienone is 1. The maximum atomic E-state index is 8.84. The van der Waals surface area contributed by atoms with Gasteiger partial charge < -0.3 is 10.8 Å². The van der Waals surface area contributed by atoms with Crippen LogP contribution in [0.3, 0.4) is 0 Å². The Morgan fingerprint density at radius 2 is 1.32 bits per heavy atom. The van der Waals surface area contributed by atoms with Crippen molar-refractivity contribution in [1.82, 2.24) is 0 Å². The van der Waals surface area contributed by atoms with Gasteiger partial charge in [-0.05, 0) is 50.5 Å². The van der Waals surface area contributed by atoms with Crippen molar-refractivity contribution in [3.8, 4) is 0 Å². The minimum absolute atomic E-state index is 0.184. The summed E-state index contributed by atoms with van der Waals surface area (Å²) in [6.07, 6.45) is 13.8. The van der Waals surface area contributed by atoms with Gasteiger partial charge in [0.25, 0.3) is 0 Å². The van der Waals surface area contributed by atoms with Crippen molar-refractivity contribution in [2.24, 2.45) is 23.5 Å². The molecule has 0 amide bonds. The normalized spacial score (nSPS) is 16.5. The van der Waals surface area contributed by atoms with Crippen LogP contribution in [-0.2, 0) is 0 Å². The van der Waals surface area contributed by atoms with E-state index in [4.69, 9.17) is 10.8 Å². The predicted octanol–water partition coefficient (Wildman–Crippen LogP) is 5.30. The van der Waals surface area contributed by atoms with Gasteiger partial charge in [-0.2, -0.15) is 0 Å². The first kappa shape index (κ1) is 21.7. The van der Waals surface area contributed by atoms with E-state index < -0.39 is 0 Å². The fraction of sp³-hybridized carbons (Fsp3) is 0.900. The summed E-state index contributed by atoms with van der Waals surface area (Å²) >= 11 is 0. The Labute approximate surface area is 139 Å². The number of nitrogens with two attached hydrogens (primary N) is 1. The molecule has 0 aliphatic rings. The second-order valence-corrected chi connectivity index (χ2v) is 7.54. The van der Waals surface area contributed by atoms with Gasteiger partial charge in [0.2, 0.25) is 0 Å². The van der Waals surface area contributed by atoms with E-state index in [0.717, 1.165) is 24.8 Å². The van der Waals surface area contributed by atoms with Gasteiger partial charge >= 0.3 is 0 Å². The van der Waals surface area contributed by atoms with Crippen molar-refractivity contribution in [3.63, 3.8) is 0 Å². The van der Waals surface area contributed by atoms with Crippen LogP contribution in [0.4, 0.5) is 0 Å². The molecule has 0 aromatic carbocycles. The summed E-state index contributed by atoms with van der Waals surface area (Å²) < 4.78 is 0. The Hall–Kier alpha value is -0.340. The van der Waals surface area contributed by atoms with Crippen molar-refractivity contribution < 1.29 is 5.11 Å². The van der Waals surface area contributed by atoms with Gasteiger partial charge in [0.15, 0.2) is 0 Å². The number of rotatable bonds is 14. The fourth-order valence-electron chi connectivity index (χ4n) is 3.02. The van der Waals surface area contributed by atoms with E-state index in [1.165, 1.54) is 56.9 Å². The summed E-state index contributed by atoms with van der Waals surface area (Å²) in [7, 11) is 0. The zero-order chi connectivity index (χ0) is 16.8. The molecule has 2 nitrogen and oxygen atoms in total. The third-order valence-corrected chi connectivity index (χ3v) is 4.90. The first-order chi connectivity index (χ1) is 10.5. The maximum absolute atomic E-state index is 8.84. The Kier molecular flexibility index (Phi) is 14.0. The molecule has 22 heavy (non-hydrogen) atoms. The highest BCUT2D eigenvalue weighted by Crippen LogP contribution is 2.21. The van der Waals surface area contributed by atoms with Gasteiger partial charge in [0.05, 0.1) is 6.61 Å². The predicted molar refractivity (Wildman–Crippen MR) is 98.9 cm³/mol. The molecule has 0 fully saturated rings. The van der Waals surface area contributed by atoms with Crippen LogP contribution in [0.2, 0.25) is 0 Å². The molecule has 3 unspecified atom stereocenters. The molecular formula is C20H41NO. The first-order valence-electron chi connectivity index (χ1n) is 9.46. The molecule has 2 heteroatoms. The minimum Gasteiger partial charge on any atom is -0.392 e. The van der Waals surface area contributed by atoms with E-state index in [0.29, 0.717) is 5.92 Å². The molecule has 3 N–H and O–H groups in total. The number of hydrogen-bond acceptors (Lipinski definition) is 2. The lowest BCUT2D eigenvalue weighted by molar-refractivity contribution is 0.341. The molecule has 0 heterocycles. The molecule has 0 aromatic rings. The maximum Gasteiger partial charge on any atom is 0.0614 e. The van der Waals surface area contributed by atoms with E-state index >= 15 is 0 Å². The Balaban J connectivity index is 3.54. The second-order valence-electron chi connectivity index (χ2n) is 7.54. The molecule has 0 aliphatic carbocycles. The van der Waals surface area contributed by atoms with Crippen molar-refractivity contribution in [3.05, 3.63) is 11.6 Å². The van der Waals surface area contributed by atoms with Gasteiger partial charge in [-0.1, -0.05) is 70.9 Å². The highest BCUT2D eigenvalue weighted by atomic mass is 16.2. The zero-order valence-corrected chi connectivity index (χ0v) is 15.6. The zero-order valence-electron chi connectivity index (χ0n) is 15.6. The summed E-state index contributed by atoms with van der Waals surface area (Å²) in [5, 5.41) is 8.84. The lowest BCUT2D eigenvalue weighted by atomic mass is 9.91. The summed E-state index contributed by atoms with van der Waals surface area (Å²) in [5.41, 5.74) is 6.99. The molecule has 0 saturated carbocycles. The van der Waals surface area contributed by atoms with Crippen LogP contribution in [0, 0.1) is 17.8 Å². The lowest BCUT2D eigenvalue weighted by Crippen LogP contribution is -2.10. The summed E-state index contributed by atoms with van der Waals surface area (Å²) in [4.78, 5) is 0. The molecule has 0 saturated heterocycles. The topological polar surface area (TPSA) is 46.2 Å². The van der Waals surface area contributed by atoms with Crippen molar-refractivity contribution in [1.29, 1.82) is 0 Å². The average Bonchev–Trinajstić information content (AvgIpc) is 2.47. The van der Waals surface area contributed by atoms with Crippen LogP contribution in [0.5, 0.6) is 0 Å². The van der Waals surface area contributed by atoms with E-state index in [2.05, 4.69) is 27.7 Å². The van der Waals surface area contributed by atoms with Crippen LogP contribution >= 0.6 is 0 Å². The lowest BCUT2D eigenvalue weighted by Gasteiger charge is -2.15. The molecule has 0 aromatic heterocycles. The minimum atomic E-state index is 0.184. The summed E-state index contributed by atoms with van der Waals surface area (Å²) in [6, 6.07) is 0. The Morgan fingerprint density at radius 3 is 1.77 bits per heavy atom. The molecule has 0 radical (unpaired) electrons. The standard InChI is InChI=1S/C20H41NO/c1-17(10-6-12-19(3)14-15-22)8-5-9-18(2)11-7-13-20(4)16-21/h14,17-18,20,22H,5-13,15-16,21H2,1-4H3/b19-14+. The summed E-state index contributed by atoms with van der Waals surface area (Å²) in [6.45, 7) is 10.2. The van der Waals surface area contributed by atoms with Gasteiger partial charge in [-0.15, -0.1) is 0 Å². The van der Waals surface area contributed by atoms with Crippen molar-refractivity contribution in [2.75, 3.05) is 13.2 Å². The quantitative estimate of drug-likeness (QED) is 0.427. The fourth-order valence-corrected chi connectivity index (χ4v) is 3.02. The smallest absolute Gasteiger partial charge is 0.0614 e. The van der Waals surface area contributed by atoms with E-state index in [-0.39, 0.29) is 6.61 Å². The highest BCUT2D eigenvalue weighted by molar-refractivity contribution is 4.97. The van der Waals surface area contributed by atoms with Crippen LogP contribution in [-0.4, -0.2) is 18.3 Å². The van der Waals surface area contributed by atoms with Crippen LogP contribution in [0.15, 0.2) is 11.6 Å². The first-order valence-corrected chi connectivity index (χ1v) is 9.46. The van der Waals surface area contributed by atoms with Crippen LogP contribution < -0.4 is 5.73 Å². The number of aliphatic hydroxyl groups excluding tert-OH is 1. The third-order valence-electron chi connectivity index (χ3n) is 4.90. The molecular weight excluding hydrogens is 270 g/mol. The largest absolute Gasteiger partial charge is 0.392 e. The van der Waals surface area contributed by atoms with Gasteiger partial charge in [-0.3, -0.25) is 0 Å². The van der Waals surface area contributed by atoms with Crippen LogP contribution in [0.1, 0.15) is 85.5 Å². The van der Waals surface area contributed by atoms with E-state index in [1.54, 1.807) is 0 Å². The molecule has 0 rings (SSSR count). The number of aliphatic hydroxyl groups is 1. The van der Waals surface area contributed by atoms with Crippen molar-refractivity contribution in [2.45, 2.75) is 85.5 Å². The van der Waals surface area contributed by atoms with E-state index in [9.17, 15) is 0 Å². The molecule has 3 atom stereocenters. The molecule has 0 aliphatic heterocycles. The van der Waals surface area contributed by atoms with Gasteiger partial charge in [0.1, 0.15) is 0 Å². The highest BCUT2D eigenvalue weighted by Gasteiger charge is 2.07. The van der Waals surface area contributed by atoms with Crippen molar-refractivity contribution >= 4 is 0 Å². The van der Waals surface area contributed by atoms with Gasteiger partial charge in [-0.25, -0.2) is 0 Å². The average molecular weight is 312 g/mol. The molecule has 0 bridgehead atoms. The third kappa shape index (κ3) is 13.3.